The zero-order valence-electron chi connectivity index (χ0n) is 11.2. The van der Waals surface area contributed by atoms with E-state index < -0.39 is 6.10 Å². The molecule has 1 aromatic carbocycles. The predicted molar refractivity (Wildman–Crippen MR) is 75.5 cm³/mol. The molecule has 0 amide bonds. The summed E-state index contributed by atoms with van der Waals surface area (Å²) in [6.07, 6.45) is 4.16. The summed E-state index contributed by atoms with van der Waals surface area (Å²) in [6.45, 7) is 1.74. The molecular weight excluding hydrogens is 264 g/mol. The van der Waals surface area contributed by atoms with Crippen molar-refractivity contribution >= 4 is 11.6 Å². The Morgan fingerprint density at radius 2 is 2.05 bits per heavy atom. The van der Waals surface area contributed by atoms with E-state index in [2.05, 4.69) is 0 Å². The van der Waals surface area contributed by atoms with Gasteiger partial charge in [-0.15, -0.1) is 0 Å². The Balaban J connectivity index is 2.07. The highest BCUT2D eigenvalue weighted by molar-refractivity contribution is 6.32. The van der Waals surface area contributed by atoms with Crippen LogP contribution in [0, 0.1) is 5.92 Å². The van der Waals surface area contributed by atoms with Gasteiger partial charge in [-0.05, 0) is 43.4 Å². The molecule has 2 atom stereocenters. The van der Waals surface area contributed by atoms with E-state index in [1.165, 1.54) is 12.8 Å². The van der Waals surface area contributed by atoms with E-state index in [1.807, 2.05) is 12.1 Å². The van der Waals surface area contributed by atoms with Crippen LogP contribution in [0.1, 0.15) is 44.3 Å². The molecule has 2 rings (SSSR count). The van der Waals surface area contributed by atoms with Crippen LogP contribution in [0.3, 0.4) is 0 Å². The molecule has 0 spiro atoms. The maximum atomic E-state index is 10.0. The SMILES string of the molecule is C[C@H](CO)[C@H](O)c1ccc(OC2CCCC2)c(Cl)c1. The second kappa shape index (κ2) is 6.60. The van der Waals surface area contributed by atoms with Gasteiger partial charge in [-0.25, -0.2) is 0 Å². The van der Waals surface area contributed by atoms with Gasteiger partial charge in [0.2, 0.25) is 0 Å². The summed E-state index contributed by atoms with van der Waals surface area (Å²) in [5.74, 6) is 0.471. The Morgan fingerprint density at radius 3 is 2.63 bits per heavy atom. The maximum Gasteiger partial charge on any atom is 0.138 e. The van der Waals surface area contributed by atoms with Crippen LogP contribution in [-0.4, -0.2) is 22.9 Å². The summed E-state index contributed by atoms with van der Waals surface area (Å²) in [4.78, 5) is 0. The number of hydrogen-bond donors (Lipinski definition) is 2. The number of aliphatic hydroxyl groups is 2. The van der Waals surface area contributed by atoms with E-state index in [0.29, 0.717) is 16.3 Å². The molecule has 3 nitrogen and oxygen atoms in total. The molecule has 1 aliphatic carbocycles. The van der Waals surface area contributed by atoms with Crippen molar-refractivity contribution in [2.24, 2.45) is 5.92 Å². The second-order valence-electron chi connectivity index (χ2n) is 5.32. The molecule has 0 saturated heterocycles. The average Bonchev–Trinajstić information content (AvgIpc) is 2.92. The van der Waals surface area contributed by atoms with Crippen molar-refractivity contribution in [2.75, 3.05) is 6.61 Å². The Kier molecular flexibility index (Phi) is 5.08. The molecule has 4 heteroatoms. The van der Waals surface area contributed by atoms with Crippen LogP contribution in [0.4, 0.5) is 0 Å². The van der Waals surface area contributed by atoms with E-state index in [4.69, 9.17) is 21.4 Å². The van der Waals surface area contributed by atoms with Crippen LogP contribution in [0.2, 0.25) is 5.02 Å². The molecule has 0 radical (unpaired) electrons. The minimum atomic E-state index is -0.706. The first-order valence-corrected chi connectivity index (χ1v) is 7.24. The van der Waals surface area contributed by atoms with Crippen LogP contribution in [0.25, 0.3) is 0 Å². The average molecular weight is 285 g/mol. The lowest BCUT2D eigenvalue weighted by Crippen LogP contribution is -2.14. The van der Waals surface area contributed by atoms with Crippen LogP contribution in [-0.2, 0) is 0 Å². The minimum absolute atomic E-state index is 0.0564. The maximum absolute atomic E-state index is 10.0. The third-order valence-electron chi connectivity index (χ3n) is 3.72. The molecule has 106 valence electrons. The lowest BCUT2D eigenvalue weighted by atomic mass is 9.98. The molecular formula is C15H21ClO3. The highest BCUT2D eigenvalue weighted by Gasteiger charge is 2.20. The van der Waals surface area contributed by atoms with Gasteiger partial charge in [0.05, 0.1) is 17.2 Å². The van der Waals surface area contributed by atoms with Gasteiger partial charge in [-0.1, -0.05) is 24.6 Å². The van der Waals surface area contributed by atoms with Crippen molar-refractivity contribution in [3.63, 3.8) is 0 Å². The summed E-state index contributed by atoms with van der Waals surface area (Å²) in [7, 11) is 0. The zero-order chi connectivity index (χ0) is 13.8. The number of ether oxygens (including phenoxy) is 1. The highest BCUT2D eigenvalue weighted by Crippen LogP contribution is 2.33. The van der Waals surface area contributed by atoms with Crippen molar-refractivity contribution in [1.82, 2.24) is 0 Å². The quantitative estimate of drug-likeness (QED) is 0.872. The summed E-state index contributed by atoms with van der Waals surface area (Å²) in [5, 5.41) is 19.6. The number of rotatable bonds is 5. The first-order valence-electron chi connectivity index (χ1n) is 6.87. The normalized spacial score (nSPS) is 19.4. The number of hydrogen-bond acceptors (Lipinski definition) is 3. The molecule has 0 unspecified atom stereocenters. The summed E-state index contributed by atoms with van der Waals surface area (Å²) >= 11 is 6.20. The van der Waals surface area contributed by atoms with Crippen LogP contribution < -0.4 is 4.74 Å². The predicted octanol–water partition coefficient (Wildman–Crippen LogP) is 3.32. The Labute approximate surface area is 119 Å². The van der Waals surface area contributed by atoms with Gasteiger partial charge in [0.15, 0.2) is 0 Å². The van der Waals surface area contributed by atoms with E-state index in [0.717, 1.165) is 12.8 Å². The summed E-state index contributed by atoms with van der Waals surface area (Å²) < 4.78 is 5.86. The van der Waals surface area contributed by atoms with Gasteiger partial charge in [0.25, 0.3) is 0 Å². The van der Waals surface area contributed by atoms with E-state index in [-0.39, 0.29) is 18.6 Å². The van der Waals surface area contributed by atoms with Gasteiger partial charge in [0, 0.05) is 12.5 Å². The second-order valence-corrected chi connectivity index (χ2v) is 5.73. The lowest BCUT2D eigenvalue weighted by molar-refractivity contribution is 0.0770. The molecule has 0 heterocycles. The molecule has 19 heavy (non-hydrogen) atoms. The van der Waals surface area contributed by atoms with Crippen molar-refractivity contribution in [3.05, 3.63) is 28.8 Å². The van der Waals surface area contributed by atoms with Gasteiger partial charge in [-0.2, -0.15) is 0 Å². The lowest BCUT2D eigenvalue weighted by Gasteiger charge is -2.19. The molecule has 1 saturated carbocycles. The van der Waals surface area contributed by atoms with Gasteiger partial charge >= 0.3 is 0 Å². The van der Waals surface area contributed by atoms with Gasteiger partial charge < -0.3 is 14.9 Å². The third-order valence-corrected chi connectivity index (χ3v) is 4.02. The third kappa shape index (κ3) is 3.62. The Hall–Kier alpha value is -0.770. The van der Waals surface area contributed by atoms with Crippen LogP contribution in [0.15, 0.2) is 18.2 Å². The zero-order valence-corrected chi connectivity index (χ0v) is 11.9. The summed E-state index contributed by atoms with van der Waals surface area (Å²) in [6, 6.07) is 5.35. The molecule has 0 bridgehead atoms. The van der Waals surface area contributed by atoms with Gasteiger partial charge in [0.1, 0.15) is 5.75 Å². The molecule has 1 aromatic rings. The van der Waals surface area contributed by atoms with Crippen molar-refractivity contribution in [2.45, 2.75) is 44.8 Å². The summed E-state index contributed by atoms with van der Waals surface area (Å²) in [5.41, 5.74) is 0.713. The van der Waals surface area contributed by atoms with E-state index in [9.17, 15) is 5.11 Å². The topological polar surface area (TPSA) is 49.7 Å². The highest BCUT2D eigenvalue weighted by atomic mass is 35.5. The minimum Gasteiger partial charge on any atom is -0.489 e. The van der Waals surface area contributed by atoms with Crippen molar-refractivity contribution < 1.29 is 14.9 Å². The van der Waals surface area contributed by atoms with Crippen molar-refractivity contribution in [3.8, 4) is 5.75 Å². The first-order chi connectivity index (χ1) is 9.11. The van der Waals surface area contributed by atoms with Crippen molar-refractivity contribution in [1.29, 1.82) is 0 Å². The Morgan fingerprint density at radius 1 is 1.37 bits per heavy atom. The van der Waals surface area contributed by atoms with Gasteiger partial charge in [-0.3, -0.25) is 0 Å². The molecule has 2 N–H and O–H groups in total. The monoisotopic (exact) mass is 284 g/mol. The van der Waals surface area contributed by atoms with E-state index in [1.54, 1.807) is 13.0 Å². The molecule has 0 aliphatic heterocycles. The number of aliphatic hydroxyl groups excluding tert-OH is 2. The Bertz CT molecular complexity index is 416. The first kappa shape index (κ1) is 14.6. The fraction of sp³-hybridized carbons (Fsp3) is 0.600. The molecule has 1 aliphatic rings. The molecule has 1 fully saturated rings. The number of halogens is 1. The van der Waals surface area contributed by atoms with Crippen LogP contribution >= 0.6 is 11.6 Å². The smallest absolute Gasteiger partial charge is 0.138 e. The largest absolute Gasteiger partial charge is 0.489 e. The van der Waals surface area contributed by atoms with Crippen LogP contribution in [0.5, 0.6) is 5.75 Å². The fourth-order valence-corrected chi connectivity index (χ4v) is 2.64. The fourth-order valence-electron chi connectivity index (χ4n) is 2.41. The number of benzene rings is 1. The van der Waals surface area contributed by atoms with E-state index >= 15 is 0 Å². The molecule has 0 aromatic heterocycles. The standard InChI is InChI=1S/C15H21ClO3/c1-10(9-17)15(18)11-6-7-14(13(16)8-11)19-12-4-2-3-5-12/h6-8,10,12,15,17-18H,2-5,9H2,1H3/t10-,15+/m1/s1.